The van der Waals surface area contributed by atoms with Crippen molar-refractivity contribution in [1.82, 2.24) is 19.1 Å². The zero-order valence-electron chi connectivity index (χ0n) is 26.2. The van der Waals surface area contributed by atoms with Crippen LogP contribution in [0.5, 0.6) is 0 Å². The van der Waals surface area contributed by atoms with Crippen molar-refractivity contribution in [1.29, 1.82) is 0 Å². The minimum absolute atomic E-state index is 0.631. The van der Waals surface area contributed by atoms with E-state index < -0.39 is 0 Å². The van der Waals surface area contributed by atoms with E-state index in [1.807, 2.05) is 30.3 Å². The van der Waals surface area contributed by atoms with Crippen LogP contribution in [0.3, 0.4) is 0 Å². The topological polar surface area (TPSA) is 48.8 Å². The smallest absolute Gasteiger partial charge is 0.235 e. The molecule has 0 atom stereocenters. The highest BCUT2D eigenvalue weighted by atomic mass is 16.3. The molecule has 5 nitrogen and oxygen atoms in total. The highest BCUT2D eigenvalue weighted by molar-refractivity contribution is 6.19. The fourth-order valence-corrected chi connectivity index (χ4v) is 7.76. The quantitative estimate of drug-likeness (QED) is 0.196. The van der Waals surface area contributed by atoms with E-state index in [2.05, 4.69) is 137 Å². The van der Waals surface area contributed by atoms with Crippen molar-refractivity contribution in [2.45, 2.75) is 0 Å². The maximum absolute atomic E-state index is 6.31. The standard InChI is InChI=1S/C44H26N4O/c1-2-12-28(13-3-1)47-37-19-9-5-14-29(37)34-25-35-30-15-6-10-20-38(30)48(40(35)26-39(34)47)44-45-36-18-8-4-17-33(36)43(46-44)27-22-23-32-31-16-7-11-21-41(31)49-42(32)24-27/h1-26H. The lowest BCUT2D eigenvalue weighted by Crippen LogP contribution is -2.03. The normalized spacial score (nSPS) is 12.1. The Kier molecular flexibility index (Phi) is 5.32. The molecule has 0 N–H and O–H groups in total. The molecule has 0 saturated carbocycles. The van der Waals surface area contributed by atoms with Gasteiger partial charge in [-0.15, -0.1) is 0 Å². The number of furan rings is 1. The Morgan fingerprint density at radius 2 is 1.00 bits per heavy atom. The third kappa shape index (κ3) is 3.75. The number of benzene rings is 7. The molecule has 0 fully saturated rings. The lowest BCUT2D eigenvalue weighted by molar-refractivity contribution is 0.669. The summed E-state index contributed by atoms with van der Waals surface area (Å²) in [6.45, 7) is 0. The van der Waals surface area contributed by atoms with E-state index in [-0.39, 0.29) is 0 Å². The molecule has 49 heavy (non-hydrogen) atoms. The SMILES string of the molecule is c1ccc(-n2c3ccccc3c3cc4c5ccccc5n(-c5nc(-c6ccc7c(c6)oc6ccccc67)c6ccccc6n5)c4cc32)cc1. The highest BCUT2D eigenvalue weighted by Crippen LogP contribution is 2.40. The predicted molar refractivity (Wildman–Crippen MR) is 201 cm³/mol. The van der Waals surface area contributed by atoms with Crippen molar-refractivity contribution in [3.05, 3.63) is 158 Å². The average molecular weight is 627 g/mol. The lowest BCUT2D eigenvalue weighted by atomic mass is 10.0. The van der Waals surface area contributed by atoms with Gasteiger partial charge >= 0.3 is 0 Å². The largest absolute Gasteiger partial charge is 0.456 e. The van der Waals surface area contributed by atoms with Gasteiger partial charge in [-0.25, -0.2) is 9.97 Å². The van der Waals surface area contributed by atoms with Crippen LogP contribution in [0, 0.1) is 0 Å². The number of hydrogen-bond donors (Lipinski definition) is 0. The van der Waals surface area contributed by atoms with Crippen LogP contribution in [0.2, 0.25) is 0 Å². The number of fused-ring (bicyclic) bond motifs is 10. The Morgan fingerprint density at radius 1 is 0.388 bits per heavy atom. The van der Waals surface area contributed by atoms with Gasteiger partial charge in [-0.1, -0.05) is 97.1 Å². The lowest BCUT2D eigenvalue weighted by Gasteiger charge is -2.12. The molecular formula is C44H26N4O. The van der Waals surface area contributed by atoms with Crippen LogP contribution >= 0.6 is 0 Å². The molecule has 228 valence electrons. The van der Waals surface area contributed by atoms with E-state index in [0.29, 0.717) is 5.95 Å². The second-order valence-electron chi connectivity index (χ2n) is 12.6. The molecular weight excluding hydrogens is 601 g/mol. The van der Waals surface area contributed by atoms with Crippen molar-refractivity contribution in [2.75, 3.05) is 0 Å². The van der Waals surface area contributed by atoms with Crippen LogP contribution < -0.4 is 0 Å². The predicted octanol–water partition coefficient (Wildman–Crippen LogP) is 11.4. The number of rotatable bonds is 3. The van der Waals surface area contributed by atoms with Crippen molar-refractivity contribution >= 4 is 76.5 Å². The summed E-state index contributed by atoms with van der Waals surface area (Å²) < 4.78 is 10.9. The first kappa shape index (κ1) is 26.4. The van der Waals surface area contributed by atoms with Gasteiger partial charge in [0, 0.05) is 49.0 Å². The molecule has 4 aromatic heterocycles. The first-order valence-electron chi connectivity index (χ1n) is 16.5. The van der Waals surface area contributed by atoms with Gasteiger partial charge in [0.15, 0.2) is 0 Å². The van der Waals surface area contributed by atoms with E-state index in [0.717, 1.165) is 71.7 Å². The first-order chi connectivity index (χ1) is 24.3. The molecule has 7 aromatic carbocycles. The molecule has 0 aliphatic carbocycles. The summed E-state index contributed by atoms with van der Waals surface area (Å²) in [6, 6.07) is 55.4. The summed E-state index contributed by atoms with van der Waals surface area (Å²) in [4.78, 5) is 10.6. The van der Waals surface area contributed by atoms with E-state index >= 15 is 0 Å². The fourth-order valence-electron chi connectivity index (χ4n) is 7.76. The van der Waals surface area contributed by atoms with E-state index in [1.54, 1.807) is 0 Å². The number of aromatic nitrogens is 4. The first-order valence-corrected chi connectivity index (χ1v) is 16.5. The molecule has 11 aromatic rings. The summed E-state index contributed by atoms with van der Waals surface area (Å²) in [7, 11) is 0. The summed E-state index contributed by atoms with van der Waals surface area (Å²) in [5, 5.41) is 7.98. The summed E-state index contributed by atoms with van der Waals surface area (Å²) >= 11 is 0. The second kappa shape index (κ2) is 9.89. The van der Waals surface area contributed by atoms with Gasteiger partial charge in [-0.05, 0) is 60.7 Å². The average Bonchev–Trinajstić information content (AvgIpc) is 3.80. The Balaban J connectivity index is 1.23. The van der Waals surface area contributed by atoms with Crippen LogP contribution in [0.25, 0.3) is 99.3 Å². The minimum atomic E-state index is 0.631. The zero-order chi connectivity index (χ0) is 32.1. The van der Waals surface area contributed by atoms with Gasteiger partial charge in [0.25, 0.3) is 0 Å². The molecule has 0 saturated heterocycles. The third-order valence-corrected chi connectivity index (χ3v) is 9.92. The van der Waals surface area contributed by atoms with E-state index in [1.165, 1.54) is 21.7 Å². The molecule has 0 aliphatic rings. The van der Waals surface area contributed by atoms with Crippen molar-refractivity contribution in [2.24, 2.45) is 0 Å². The van der Waals surface area contributed by atoms with Crippen LogP contribution in [0.15, 0.2) is 162 Å². The van der Waals surface area contributed by atoms with Gasteiger partial charge < -0.3 is 8.98 Å². The Morgan fingerprint density at radius 3 is 1.80 bits per heavy atom. The van der Waals surface area contributed by atoms with Gasteiger partial charge in [-0.2, -0.15) is 0 Å². The maximum Gasteiger partial charge on any atom is 0.235 e. The van der Waals surface area contributed by atoms with Crippen LogP contribution in [-0.4, -0.2) is 19.1 Å². The molecule has 4 heterocycles. The molecule has 0 aliphatic heterocycles. The van der Waals surface area contributed by atoms with Gasteiger partial charge in [-0.3, -0.25) is 4.57 Å². The highest BCUT2D eigenvalue weighted by Gasteiger charge is 2.21. The Hall–Kier alpha value is -6.72. The number of hydrogen-bond acceptors (Lipinski definition) is 3. The second-order valence-corrected chi connectivity index (χ2v) is 12.6. The van der Waals surface area contributed by atoms with Crippen LogP contribution in [0.1, 0.15) is 0 Å². The van der Waals surface area contributed by atoms with Crippen molar-refractivity contribution in [3.8, 4) is 22.9 Å². The van der Waals surface area contributed by atoms with Crippen LogP contribution in [-0.2, 0) is 0 Å². The van der Waals surface area contributed by atoms with E-state index in [4.69, 9.17) is 14.4 Å². The molecule has 0 unspecified atom stereocenters. The number of para-hydroxylation sites is 5. The minimum Gasteiger partial charge on any atom is -0.456 e. The Labute approximate surface area is 279 Å². The summed E-state index contributed by atoms with van der Waals surface area (Å²) in [5.74, 6) is 0.631. The van der Waals surface area contributed by atoms with Gasteiger partial charge in [0.05, 0.1) is 33.3 Å². The molecule has 0 spiro atoms. The van der Waals surface area contributed by atoms with Crippen molar-refractivity contribution in [3.63, 3.8) is 0 Å². The maximum atomic E-state index is 6.31. The molecule has 0 amide bonds. The van der Waals surface area contributed by atoms with Gasteiger partial charge in [0.1, 0.15) is 11.2 Å². The third-order valence-electron chi connectivity index (χ3n) is 9.92. The fraction of sp³-hybridized carbons (Fsp3) is 0. The Bertz CT molecular complexity index is 3110. The van der Waals surface area contributed by atoms with E-state index in [9.17, 15) is 0 Å². The van der Waals surface area contributed by atoms with Gasteiger partial charge in [0.2, 0.25) is 5.95 Å². The van der Waals surface area contributed by atoms with Crippen LogP contribution in [0.4, 0.5) is 0 Å². The molecule has 11 rings (SSSR count). The molecule has 5 heteroatoms. The summed E-state index contributed by atoms with van der Waals surface area (Å²) in [6.07, 6.45) is 0. The van der Waals surface area contributed by atoms with Crippen molar-refractivity contribution < 1.29 is 4.42 Å². The number of nitrogens with zero attached hydrogens (tertiary/aromatic N) is 4. The molecule has 0 radical (unpaired) electrons. The summed E-state index contributed by atoms with van der Waals surface area (Å²) in [5.41, 5.74) is 10.0. The molecule has 0 bridgehead atoms. The monoisotopic (exact) mass is 626 g/mol. The zero-order valence-corrected chi connectivity index (χ0v) is 26.2.